The zero-order valence-electron chi connectivity index (χ0n) is 4.63. The minimum Gasteiger partial charge on any atom is -0.379 e. The third-order valence-corrected chi connectivity index (χ3v) is 1.52. The van der Waals surface area contributed by atoms with Crippen molar-refractivity contribution in [3.8, 4) is 0 Å². The lowest BCUT2D eigenvalue weighted by molar-refractivity contribution is 0.187. The molecule has 0 fully saturated rings. The average molecular weight is 129 g/mol. The normalized spacial score (nSPS) is 9.62. The van der Waals surface area contributed by atoms with Crippen LogP contribution in [0.15, 0.2) is 11.7 Å². The predicted octanol–water partition coefficient (Wildman–Crippen LogP) is 1.29. The molecule has 3 heteroatoms. The summed E-state index contributed by atoms with van der Waals surface area (Å²) in [7, 11) is 1.68. The first kappa shape index (κ1) is 5.72. The van der Waals surface area contributed by atoms with Crippen molar-refractivity contribution in [3.63, 3.8) is 0 Å². The Hall–Kier alpha value is -0.410. The number of hydrogen-bond donors (Lipinski definition) is 0. The summed E-state index contributed by atoms with van der Waals surface area (Å²) in [5.74, 6) is 0. The van der Waals surface area contributed by atoms with Crippen molar-refractivity contribution in [1.82, 2.24) is 4.98 Å². The molecule has 0 radical (unpaired) electrons. The molecule has 1 heterocycles. The zero-order valence-corrected chi connectivity index (χ0v) is 5.44. The quantitative estimate of drug-likeness (QED) is 0.600. The fourth-order valence-corrected chi connectivity index (χ4v) is 1.02. The van der Waals surface area contributed by atoms with Gasteiger partial charge in [0.25, 0.3) is 0 Å². The molecular weight excluding hydrogens is 122 g/mol. The van der Waals surface area contributed by atoms with E-state index in [1.807, 2.05) is 6.20 Å². The van der Waals surface area contributed by atoms with Gasteiger partial charge in [-0.25, -0.2) is 0 Å². The highest BCUT2D eigenvalue weighted by Gasteiger charge is 1.88. The highest BCUT2D eigenvalue weighted by Crippen LogP contribution is 2.04. The lowest BCUT2D eigenvalue weighted by Gasteiger charge is -1.87. The van der Waals surface area contributed by atoms with Gasteiger partial charge in [0.15, 0.2) is 0 Å². The predicted molar refractivity (Wildman–Crippen MR) is 32.8 cm³/mol. The number of ether oxygens (including phenoxy) is 1. The van der Waals surface area contributed by atoms with Gasteiger partial charge in [0.05, 0.1) is 17.0 Å². The largest absolute Gasteiger partial charge is 0.379 e. The van der Waals surface area contributed by atoms with Gasteiger partial charge in [-0.15, -0.1) is 11.3 Å². The fourth-order valence-electron chi connectivity index (χ4n) is 0.456. The number of rotatable bonds is 2. The molecule has 0 bridgehead atoms. The van der Waals surface area contributed by atoms with E-state index >= 15 is 0 Å². The second kappa shape index (κ2) is 2.79. The Kier molecular flexibility index (Phi) is 2.00. The van der Waals surface area contributed by atoms with E-state index in [2.05, 4.69) is 4.98 Å². The van der Waals surface area contributed by atoms with Crippen LogP contribution in [0.3, 0.4) is 0 Å². The van der Waals surface area contributed by atoms with Crippen LogP contribution in [-0.2, 0) is 11.3 Å². The van der Waals surface area contributed by atoms with Gasteiger partial charge in [0.1, 0.15) is 0 Å². The van der Waals surface area contributed by atoms with Crippen LogP contribution in [0.25, 0.3) is 0 Å². The van der Waals surface area contributed by atoms with Crippen LogP contribution < -0.4 is 0 Å². The van der Waals surface area contributed by atoms with E-state index < -0.39 is 0 Å². The van der Waals surface area contributed by atoms with E-state index in [0.29, 0.717) is 6.61 Å². The maximum atomic E-state index is 4.86. The first-order chi connectivity index (χ1) is 3.93. The van der Waals surface area contributed by atoms with Crippen LogP contribution in [0.2, 0.25) is 0 Å². The number of thiazole rings is 1. The molecule has 0 amide bonds. The van der Waals surface area contributed by atoms with Gasteiger partial charge in [0, 0.05) is 13.3 Å². The van der Waals surface area contributed by atoms with Crippen LogP contribution in [-0.4, -0.2) is 12.1 Å². The molecule has 0 atom stereocenters. The lowest BCUT2D eigenvalue weighted by Crippen LogP contribution is -1.79. The molecule has 44 valence electrons. The summed E-state index contributed by atoms with van der Waals surface area (Å²) in [6.07, 6.45) is 1.81. The van der Waals surface area contributed by atoms with Gasteiger partial charge >= 0.3 is 0 Å². The molecule has 1 aromatic heterocycles. The first-order valence-electron chi connectivity index (χ1n) is 2.30. The first-order valence-corrected chi connectivity index (χ1v) is 3.18. The molecule has 0 aliphatic heterocycles. The molecule has 1 aromatic rings. The number of aromatic nitrogens is 1. The van der Waals surface area contributed by atoms with E-state index in [0.717, 1.165) is 0 Å². The van der Waals surface area contributed by atoms with Crippen LogP contribution in [0.5, 0.6) is 0 Å². The highest BCUT2D eigenvalue weighted by molar-refractivity contribution is 7.09. The highest BCUT2D eigenvalue weighted by atomic mass is 32.1. The maximum absolute atomic E-state index is 4.86. The van der Waals surface area contributed by atoms with Crippen molar-refractivity contribution in [2.24, 2.45) is 0 Å². The Balaban J connectivity index is 2.50. The van der Waals surface area contributed by atoms with Crippen molar-refractivity contribution in [1.29, 1.82) is 0 Å². The van der Waals surface area contributed by atoms with Gasteiger partial charge in [-0.05, 0) is 0 Å². The third kappa shape index (κ3) is 1.28. The van der Waals surface area contributed by atoms with Gasteiger partial charge in [-0.2, -0.15) is 0 Å². The monoisotopic (exact) mass is 129 g/mol. The van der Waals surface area contributed by atoms with Crippen LogP contribution in [0, 0.1) is 0 Å². The van der Waals surface area contributed by atoms with Gasteiger partial charge in [-0.1, -0.05) is 0 Å². The molecule has 1 rings (SSSR count). The molecule has 0 aromatic carbocycles. The molecule has 0 saturated carbocycles. The van der Waals surface area contributed by atoms with Crippen molar-refractivity contribution in [3.05, 3.63) is 16.6 Å². The Labute approximate surface area is 52.1 Å². The summed E-state index contributed by atoms with van der Waals surface area (Å²) in [5.41, 5.74) is 1.80. The summed E-state index contributed by atoms with van der Waals surface area (Å²) in [4.78, 5) is 5.05. The minimum absolute atomic E-state index is 0.685. The number of methoxy groups -OCH3 is 1. The second-order valence-corrected chi connectivity index (χ2v) is 2.37. The van der Waals surface area contributed by atoms with Gasteiger partial charge in [-0.3, -0.25) is 4.98 Å². The number of hydrogen-bond acceptors (Lipinski definition) is 3. The van der Waals surface area contributed by atoms with Gasteiger partial charge < -0.3 is 4.74 Å². The van der Waals surface area contributed by atoms with Crippen molar-refractivity contribution in [2.45, 2.75) is 6.61 Å². The topological polar surface area (TPSA) is 22.1 Å². The molecule has 2 nitrogen and oxygen atoms in total. The average Bonchev–Trinajstić information content (AvgIpc) is 2.19. The molecule has 0 N–H and O–H groups in total. The zero-order chi connectivity index (χ0) is 5.82. The Morgan fingerprint density at radius 3 is 3.25 bits per heavy atom. The fraction of sp³-hybridized carbons (Fsp3) is 0.400. The van der Waals surface area contributed by atoms with Crippen molar-refractivity contribution >= 4 is 11.3 Å². The van der Waals surface area contributed by atoms with E-state index in [1.165, 1.54) is 4.88 Å². The van der Waals surface area contributed by atoms with E-state index in [1.54, 1.807) is 24.0 Å². The van der Waals surface area contributed by atoms with Crippen molar-refractivity contribution in [2.75, 3.05) is 7.11 Å². The summed E-state index contributed by atoms with van der Waals surface area (Å²) in [6, 6.07) is 0. The molecule has 0 aliphatic rings. The van der Waals surface area contributed by atoms with E-state index in [-0.39, 0.29) is 0 Å². The maximum Gasteiger partial charge on any atom is 0.0821 e. The van der Waals surface area contributed by atoms with Gasteiger partial charge in [0.2, 0.25) is 0 Å². The third-order valence-electron chi connectivity index (χ3n) is 0.770. The summed E-state index contributed by atoms with van der Waals surface area (Å²) in [5, 5.41) is 0. The number of nitrogens with zero attached hydrogens (tertiary/aromatic N) is 1. The molecule has 0 aliphatic carbocycles. The molecule has 0 unspecified atom stereocenters. The lowest BCUT2D eigenvalue weighted by atomic mass is 10.6. The molecule has 0 spiro atoms. The summed E-state index contributed by atoms with van der Waals surface area (Å²) in [6.45, 7) is 0.685. The van der Waals surface area contributed by atoms with Crippen LogP contribution in [0.4, 0.5) is 0 Å². The van der Waals surface area contributed by atoms with E-state index in [9.17, 15) is 0 Å². The standard InChI is InChI=1S/C5H7NOS/c1-7-3-5-2-6-4-8-5/h2,4H,3H2,1H3. The minimum atomic E-state index is 0.685. The Morgan fingerprint density at radius 2 is 2.75 bits per heavy atom. The molecular formula is C5H7NOS. The van der Waals surface area contributed by atoms with Crippen LogP contribution >= 0.6 is 11.3 Å². The SMILES string of the molecule is COCc1cncs1. The smallest absolute Gasteiger partial charge is 0.0821 e. The second-order valence-electron chi connectivity index (χ2n) is 1.40. The summed E-state index contributed by atoms with van der Waals surface area (Å²) >= 11 is 1.61. The van der Waals surface area contributed by atoms with E-state index in [4.69, 9.17) is 4.74 Å². The van der Waals surface area contributed by atoms with Crippen LogP contribution in [0.1, 0.15) is 4.88 Å². The Morgan fingerprint density at radius 1 is 1.88 bits per heavy atom. The van der Waals surface area contributed by atoms with Crippen molar-refractivity contribution < 1.29 is 4.74 Å². The summed E-state index contributed by atoms with van der Waals surface area (Å²) < 4.78 is 4.86. The molecule has 8 heavy (non-hydrogen) atoms. The molecule has 0 saturated heterocycles. The Bertz CT molecular complexity index is 138.